The van der Waals surface area contributed by atoms with E-state index in [9.17, 15) is 14.7 Å². The van der Waals surface area contributed by atoms with Crippen molar-refractivity contribution < 1.29 is 28.5 Å². The van der Waals surface area contributed by atoms with Gasteiger partial charge in [0.2, 0.25) is 0 Å². The maximum atomic E-state index is 12.2. The summed E-state index contributed by atoms with van der Waals surface area (Å²) in [5, 5.41) is 11.6. The van der Waals surface area contributed by atoms with Crippen molar-refractivity contribution in [1.82, 2.24) is 0 Å². The maximum absolute atomic E-state index is 12.2. The van der Waals surface area contributed by atoms with Gasteiger partial charge >= 0.3 is 11.6 Å². The lowest BCUT2D eigenvalue weighted by atomic mass is 9.87. The Morgan fingerprint density at radius 2 is 2.04 bits per heavy atom. The van der Waals surface area contributed by atoms with E-state index >= 15 is 0 Å². The van der Waals surface area contributed by atoms with Crippen LogP contribution in [-0.2, 0) is 9.53 Å². The third kappa shape index (κ3) is 3.51. The van der Waals surface area contributed by atoms with Crippen molar-refractivity contribution >= 4 is 16.9 Å². The van der Waals surface area contributed by atoms with Crippen LogP contribution >= 0.6 is 0 Å². The molecule has 1 N–H and O–H groups in total. The minimum Gasteiger partial charge on any atom is -0.496 e. The second-order valence-electron chi connectivity index (χ2n) is 7.65. The zero-order chi connectivity index (χ0) is 19.9. The van der Waals surface area contributed by atoms with Crippen LogP contribution in [0.15, 0.2) is 27.4 Å². The van der Waals surface area contributed by atoms with Crippen LogP contribution in [0.3, 0.4) is 0 Å². The summed E-state index contributed by atoms with van der Waals surface area (Å²) in [5.74, 6) is 0.471. The highest BCUT2D eigenvalue weighted by molar-refractivity contribution is 5.89. The first kappa shape index (κ1) is 19.2. The Balaban J connectivity index is 2.13. The monoisotopic (exact) mass is 376 g/mol. The Labute approximate surface area is 156 Å². The van der Waals surface area contributed by atoms with Crippen LogP contribution in [0.5, 0.6) is 11.5 Å². The first-order valence-electron chi connectivity index (χ1n) is 8.85. The molecule has 0 fully saturated rings. The summed E-state index contributed by atoms with van der Waals surface area (Å²) < 4.78 is 22.3. The van der Waals surface area contributed by atoms with E-state index in [1.807, 2.05) is 13.8 Å². The van der Waals surface area contributed by atoms with Crippen LogP contribution < -0.4 is 15.1 Å². The molecule has 1 aromatic carbocycles. The van der Waals surface area contributed by atoms with Crippen molar-refractivity contribution in [3.05, 3.63) is 34.2 Å². The standard InChI is InChI=1S/C20H24O7/c1-10(2)8-15(22)26-19-17(23)16-13(27-20(19,3)4)9-12(24-5)11-6-7-14(21)25-18(11)16/h6-7,9-10,17,19,23H,8H2,1-5H3. The average molecular weight is 376 g/mol. The molecule has 0 spiro atoms. The number of aliphatic hydroxyl groups is 1. The zero-order valence-electron chi connectivity index (χ0n) is 16.1. The lowest BCUT2D eigenvalue weighted by Gasteiger charge is -2.42. The number of carbonyl (C=O) groups excluding carboxylic acids is 1. The normalized spacial score (nSPS) is 20.9. The fraction of sp³-hybridized carbons (Fsp3) is 0.500. The third-order valence-corrected chi connectivity index (χ3v) is 4.57. The second kappa shape index (κ2) is 6.88. The molecule has 1 aliphatic heterocycles. The Morgan fingerprint density at radius 1 is 1.33 bits per heavy atom. The number of aliphatic hydroxyl groups excluding tert-OH is 1. The van der Waals surface area contributed by atoms with Gasteiger partial charge in [0.1, 0.15) is 23.2 Å². The summed E-state index contributed by atoms with van der Waals surface area (Å²) in [7, 11) is 1.49. The molecule has 3 rings (SSSR count). The molecule has 2 atom stereocenters. The van der Waals surface area contributed by atoms with Crippen molar-refractivity contribution in [3.63, 3.8) is 0 Å². The molecule has 0 saturated heterocycles. The highest BCUT2D eigenvalue weighted by Crippen LogP contribution is 2.47. The quantitative estimate of drug-likeness (QED) is 0.647. The van der Waals surface area contributed by atoms with Crippen molar-refractivity contribution in [1.29, 1.82) is 0 Å². The first-order chi connectivity index (χ1) is 12.6. The highest BCUT2D eigenvalue weighted by atomic mass is 16.6. The maximum Gasteiger partial charge on any atom is 0.336 e. The van der Waals surface area contributed by atoms with Gasteiger partial charge in [0.15, 0.2) is 11.7 Å². The van der Waals surface area contributed by atoms with E-state index in [4.69, 9.17) is 18.6 Å². The minimum atomic E-state index is -1.22. The second-order valence-corrected chi connectivity index (χ2v) is 7.65. The number of carbonyl (C=O) groups is 1. The summed E-state index contributed by atoms with van der Waals surface area (Å²) in [6.45, 7) is 7.27. The van der Waals surface area contributed by atoms with E-state index in [-0.39, 0.29) is 23.5 Å². The number of ether oxygens (including phenoxy) is 3. The van der Waals surface area contributed by atoms with E-state index in [2.05, 4.69) is 0 Å². The predicted octanol–water partition coefficient (Wildman–Crippen LogP) is 2.96. The molecule has 1 aromatic heterocycles. The number of esters is 1. The average Bonchev–Trinajstić information content (AvgIpc) is 2.56. The lowest BCUT2D eigenvalue weighted by Crippen LogP contribution is -2.51. The summed E-state index contributed by atoms with van der Waals surface area (Å²) in [4.78, 5) is 24.0. The van der Waals surface area contributed by atoms with Crippen molar-refractivity contribution in [2.24, 2.45) is 5.92 Å². The number of fused-ring (bicyclic) bond motifs is 3. The zero-order valence-corrected chi connectivity index (χ0v) is 16.1. The van der Waals surface area contributed by atoms with Crippen molar-refractivity contribution in [3.8, 4) is 11.5 Å². The van der Waals surface area contributed by atoms with Gasteiger partial charge in [0.05, 0.1) is 18.1 Å². The lowest BCUT2D eigenvalue weighted by molar-refractivity contribution is -0.178. The fourth-order valence-corrected chi connectivity index (χ4v) is 3.33. The molecule has 27 heavy (non-hydrogen) atoms. The molecule has 0 saturated carbocycles. The Bertz CT molecular complexity index is 926. The molecule has 0 bridgehead atoms. The summed E-state index contributed by atoms with van der Waals surface area (Å²) >= 11 is 0. The molecule has 0 radical (unpaired) electrons. The minimum absolute atomic E-state index is 0.123. The van der Waals surface area contributed by atoms with Crippen LogP contribution in [0.4, 0.5) is 0 Å². The molecule has 7 heteroatoms. The molecule has 1 aliphatic rings. The van der Waals surface area contributed by atoms with Gasteiger partial charge in [-0.05, 0) is 25.8 Å². The topological polar surface area (TPSA) is 95.2 Å². The third-order valence-electron chi connectivity index (χ3n) is 4.57. The number of hydrogen-bond acceptors (Lipinski definition) is 7. The van der Waals surface area contributed by atoms with E-state index in [1.165, 1.54) is 13.2 Å². The van der Waals surface area contributed by atoms with Crippen LogP contribution in [0.25, 0.3) is 11.0 Å². The number of hydrogen-bond donors (Lipinski definition) is 1. The molecular weight excluding hydrogens is 352 g/mol. The smallest absolute Gasteiger partial charge is 0.336 e. The SMILES string of the molecule is COc1cc2c(c3oc(=O)ccc13)C(O)C(OC(=O)CC(C)C)C(C)(C)O2. The fourth-order valence-electron chi connectivity index (χ4n) is 3.33. The van der Waals surface area contributed by atoms with Gasteiger partial charge < -0.3 is 23.7 Å². The molecule has 0 amide bonds. The number of rotatable bonds is 4. The Morgan fingerprint density at radius 3 is 2.67 bits per heavy atom. The molecule has 0 aliphatic carbocycles. The van der Waals surface area contributed by atoms with Crippen molar-refractivity contribution in [2.75, 3.05) is 7.11 Å². The van der Waals surface area contributed by atoms with Gasteiger partial charge in [-0.15, -0.1) is 0 Å². The Kier molecular flexibility index (Phi) is 4.90. The molecule has 2 aromatic rings. The van der Waals surface area contributed by atoms with Gasteiger partial charge in [0, 0.05) is 18.6 Å². The van der Waals surface area contributed by atoms with E-state index in [1.54, 1.807) is 26.0 Å². The van der Waals surface area contributed by atoms with Crippen LogP contribution in [0.2, 0.25) is 0 Å². The van der Waals surface area contributed by atoms with Gasteiger partial charge in [-0.3, -0.25) is 4.79 Å². The van der Waals surface area contributed by atoms with Crippen LogP contribution in [-0.4, -0.2) is 29.9 Å². The molecular formula is C20H24O7. The first-order valence-corrected chi connectivity index (χ1v) is 8.85. The molecule has 2 heterocycles. The highest BCUT2D eigenvalue weighted by Gasteiger charge is 2.47. The van der Waals surface area contributed by atoms with Gasteiger partial charge in [-0.2, -0.15) is 0 Å². The van der Waals surface area contributed by atoms with Crippen LogP contribution in [0.1, 0.15) is 45.8 Å². The summed E-state index contributed by atoms with van der Waals surface area (Å²) in [6.07, 6.45) is -1.96. The number of benzene rings is 1. The predicted molar refractivity (Wildman–Crippen MR) is 98.0 cm³/mol. The van der Waals surface area contributed by atoms with Crippen LogP contribution in [0, 0.1) is 5.92 Å². The van der Waals surface area contributed by atoms with E-state index in [0.29, 0.717) is 16.9 Å². The largest absolute Gasteiger partial charge is 0.496 e. The molecule has 7 nitrogen and oxygen atoms in total. The van der Waals surface area contributed by atoms with Gasteiger partial charge in [-0.1, -0.05) is 13.8 Å². The molecule has 2 unspecified atom stereocenters. The Hall–Kier alpha value is -2.54. The van der Waals surface area contributed by atoms with Crippen molar-refractivity contribution in [2.45, 2.75) is 51.9 Å². The van der Waals surface area contributed by atoms with E-state index < -0.39 is 29.4 Å². The number of methoxy groups -OCH3 is 1. The van der Waals surface area contributed by atoms with E-state index in [0.717, 1.165) is 0 Å². The summed E-state index contributed by atoms with van der Waals surface area (Å²) in [5.41, 5.74) is -1.13. The van der Waals surface area contributed by atoms with Gasteiger partial charge in [0.25, 0.3) is 0 Å². The molecule has 146 valence electrons. The van der Waals surface area contributed by atoms with Gasteiger partial charge in [-0.25, -0.2) is 4.79 Å². The summed E-state index contributed by atoms with van der Waals surface area (Å²) in [6, 6.07) is 4.47.